The van der Waals surface area contributed by atoms with Gasteiger partial charge in [-0.15, -0.1) is 11.8 Å². The first-order valence-electron chi connectivity index (χ1n) is 7.73. The van der Waals surface area contributed by atoms with Gasteiger partial charge >= 0.3 is 0 Å². The summed E-state index contributed by atoms with van der Waals surface area (Å²) in [6.07, 6.45) is 0.330. The fourth-order valence-corrected chi connectivity index (χ4v) is 2.87. The van der Waals surface area contributed by atoms with Crippen LogP contribution >= 0.6 is 11.8 Å². The minimum Gasteiger partial charge on any atom is -0.491 e. The minimum atomic E-state index is -0.452. The molecule has 7 heteroatoms. The highest BCUT2D eigenvalue weighted by Crippen LogP contribution is 2.25. The minimum absolute atomic E-state index is 0.0988. The zero-order valence-electron chi connectivity index (χ0n) is 13.5. The predicted molar refractivity (Wildman–Crippen MR) is 96.1 cm³/mol. The molecule has 0 aromatic heterocycles. The smallest absolute Gasteiger partial charge is 0.225 e. The lowest BCUT2D eigenvalue weighted by Crippen LogP contribution is -2.16. The molecule has 0 spiro atoms. The van der Waals surface area contributed by atoms with E-state index in [-0.39, 0.29) is 31.2 Å². The molecule has 0 heterocycles. The second kappa shape index (κ2) is 9.68. The van der Waals surface area contributed by atoms with E-state index >= 15 is 0 Å². The number of halogens is 1. The second-order valence-electron chi connectivity index (χ2n) is 5.14. The number of carbonyl (C=O) groups is 2. The lowest BCUT2D eigenvalue weighted by Gasteiger charge is -2.12. The van der Waals surface area contributed by atoms with Gasteiger partial charge in [-0.05, 0) is 24.3 Å². The van der Waals surface area contributed by atoms with E-state index in [4.69, 9.17) is 10.5 Å². The summed E-state index contributed by atoms with van der Waals surface area (Å²) in [5.41, 5.74) is 5.59. The van der Waals surface area contributed by atoms with Gasteiger partial charge in [0.15, 0.2) is 0 Å². The average molecular weight is 362 g/mol. The SMILES string of the molecule is NC(=O)CCOc1ccccc1NC(=O)CCSc1ccccc1F. The van der Waals surface area contributed by atoms with E-state index in [1.165, 1.54) is 17.8 Å². The molecule has 3 N–H and O–H groups in total. The van der Waals surface area contributed by atoms with E-state index in [2.05, 4.69) is 5.32 Å². The van der Waals surface area contributed by atoms with Crippen LogP contribution in [0.1, 0.15) is 12.8 Å². The molecule has 0 aliphatic carbocycles. The van der Waals surface area contributed by atoms with Crippen LogP contribution in [0.25, 0.3) is 0 Å². The molecule has 0 saturated carbocycles. The van der Waals surface area contributed by atoms with Gasteiger partial charge in [0.25, 0.3) is 0 Å². The van der Waals surface area contributed by atoms with Crippen LogP contribution in [-0.4, -0.2) is 24.2 Å². The number of para-hydroxylation sites is 2. The van der Waals surface area contributed by atoms with Gasteiger partial charge in [-0.2, -0.15) is 0 Å². The van der Waals surface area contributed by atoms with Crippen molar-refractivity contribution < 1.29 is 18.7 Å². The van der Waals surface area contributed by atoms with Gasteiger partial charge in [-0.3, -0.25) is 9.59 Å². The van der Waals surface area contributed by atoms with Crippen molar-refractivity contribution in [1.82, 2.24) is 0 Å². The van der Waals surface area contributed by atoms with Crippen LogP contribution < -0.4 is 15.8 Å². The molecule has 25 heavy (non-hydrogen) atoms. The monoisotopic (exact) mass is 362 g/mol. The normalized spacial score (nSPS) is 10.3. The number of nitrogens with two attached hydrogens (primary N) is 1. The topological polar surface area (TPSA) is 81.4 Å². The van der Waals surface area contributed by atoms with Crippen LogP contribution in [0.2, 0.25) is 0 Å². The zero-order chi connectivity index (χ0) is 18.1. The van der Waals surface area contributed by atoms with Crippen LogP contribution in [0.5, 0.6) is 5.75 Å². The number of benzene rings is 2. The number of hydrogen-bond acceptors (Lipinski definition) is 4. The maximum absolute atomic E-state index is 13.5. The molecule has 0 aliphatic rings. The Hall–Kier alpha value is -2.54. The number of anilines is 1. The quantitative estimate of drug-likeness (QED) is 0.671. The largest absolute Gasteiger partial charge is 0.491 e. The first-order chi connectivity index (χ1) is 12.1. The maximum Gasteiger partial charge on any atom is 0.225 e. The first kappa shape index (κ1) is 18.8. The lowest BCUT2D eigenvalue weighted by molar-refractivity contribution is -0.118. The van der Waals surface area contributed by atoms with E-state index < -0.39 is 5.91 Å². The van der Waals surface area contributed by atoms with Gasteiger partial charge in [0, 0.05) is 17.1 Å². The molecule has 0 radical (unpaired) electrons. The van der Waals surface area contributed by atoms with Crippen molar-refractivity contribution in [1.29, 1.82) is 0 Å². The number of thioether (sulfide) groups is 1. The Labute approximate surface area is 149 Å². The zero-order valence-corrected chi connectivity index (χ0v) is 14.4. The van der Waals surface area contributed by atoms with E-state index in [0.717, 1.165) is 0 Å². The fraction of sp³-hybridized carbons (Fsp3) is 0.222. The summed E-state index contributed by atoms with van der Waals surface area (Å²) in [6.45, 7) is 0.144. The Morgan fingerprint density at radius 1 is 1.08 bits per heavy atom. The third kappa shape index (κ3) is 6.46. The average Bonchev–Trinajstić information content (AvgIpc) is 2.58. The predicted octanol–water partition coefficient (Wildman–Crippen LogP) is 3.20. The number of hydrogen-bond donors (Lipinski definition) is 2. The highest BCUT2D eigenvalue weighted by atomic mass is 32.2. The van der Waals surface area contributed by atoms with Crippen molar-refractivity contribution in [2.24, 2.45) is 5.73 Å². The van der Waals surface area contributed by atoms with Crippen LogP contribution in [0.15, 0.2) is 53.4 Å². The molecule has 2 amide bonds. The molecule has 2 aromatic rings. The maximum atomic E-state index is 13.5. The molecule has 0 saturated heterocycles. The number of rotatable bonds is 9. The molecule has 0 bridgehead atoms. The number of carbonyl (C=O) groups excluding carboxylic acids is 2. The third-order valence-corrected chi connectivity index (χ3v) is 4.24. The van der Waals surface area contributed by atoms with Crippen LogP contribution in [0.3, 0.4) is 0 Å². The van der Waals surface area contributed by atoms with Crippen LogP contribution in [0, 0.1) is 5.82 Å². The molecule has 0 unspecified atom stereocenters. The van der Waals surface area contributed by atoms with Crippen molar-refractivity contribution in [3.05, 3.63) is 54.3 Å². The van der Waals surface area contributed by atoms with Crippen molar-refractivity contribution >= 4 is 29.3 Å². The van der Waals surface area contributed by atoms with Crippen LogP contribution in [0.4, 0.5) is 10.1 Å². The Morgan fingerprint density at radius 2 is 1.80 bits per heavy atom. The standard InChI is InChI=1S/C18H19FN2O3S/c19-13-5-1-4-8-16(13)25-12-10-18(23)21-14-6-2-3-7-15(14)24-11-9-17(20)22/h1-8H,9-12H2,(H2,20,22)(H,21,23). The van der Waals surface area contributed by atoms with Crippen LogP contribution in [-0.2, 0) is 9.59 Å². The van der Waals surface area contributed by atoms with Gasteiger partial charge in [-0.1, -0.05) is 24.3 Å². The summed E-state index contributed by atoms with van der Waals surface area (Å²) >= 11 is 1.29. The summed E-state index contributed by atoms with van der Waals surface area (Å²) in [6, 6.07) is 13.4. The second-order valence-corrected chi connectivity index (χ2v) is 6.27. The Morgan fingerprint density at radius 3 is 2.56 bits per heavy atom. The first-order valence-corrected chi connectivity index (χ1v) is 8.72. The molecule has 2 rings (SSSR count). The summed E-state index contributed by atoms with van der Waals surface area (Å²) < 4.78 is 19.0. The number of primary amides is 1. The fourth-order valence-electron chi connectivity index (χ4n) is 1.99. The van der Waals surface area contributed by atoms with Crippen molar-refractivity contribution in [3.8, 4) is 5.75 Å². The Balaban J connectivity index is 1.83. The highest BCUT2D eigenvalue weighted by molar-refractivity contribution is 7.99. The highest BCUT2D eigenvalue weighted by Gasteiger charge is 2.09. The summed E-state index contributed by atoms with van der Waals surface area (Å²) in [4.78, 5) is 23.3. The molecule has 2 aromatic carbocycles. The molecule has 132 valence electrons. The Bertz CT molecular complexity index is 740. The van der Waals surface area contributed by atoms with E-state index in [1.807, 2.05) is 0 Å². The summed E-state index contributed by atoms with van der Waals surface area (Å²) in [7, 11) is 0. The van der Waals surface area contributed by atoms with Gasteiger partial charge < -0.3 is 15.8 Å². The van der Waals surface area contributed by atoms with Gasteiger partial charge in [-0.25, -0.2) is 4.39 Å². The van der Waals surface area contributed by atoms with Crippen molar-refractivity contribution in [2.45, 2.75) is 17.7 Å². The molecule has 0 atom stereocenters. The Kier molecular flexibility index (Phi) is 7.28. The molecular formula is C18H19FN2O3S. The number of nitrogens with one attached hydrogen (secondary N) is 1. The van der Waals surface area contributed by atoms with E-state index in [0.29, 0.717) is 22.1 Å². The summed E-state index contributed by atoms with van der Waals surface area (Å²) in [5, 5.41) is 2.76. The molecule has 0 aliphatic heterocycles. The third-order valence-electron chi connectivity index (χ3n) is 3.19. The van der Waals surface area contributed by atoms with E-state index in [1.54, 1.807) is 42.5 Å². The van der Waals surface area contributed by atoms with Crippen molar-refractivity contribution in [2.75, 3.05) is 17.7 Å². The molecular weight excluding hydrogens is 343 g/mol. The number of ether oxygens (including phenoxy) is 1. The van der Waals surface area contributed by atoms with E-state index in [9.17, 15) is 14.0 Å². The van der Waals surface area contributed by atoms with Gasteiger partial charge in [0.05, 0.1) is 18.7 Å². The number of amides is 2. The van der Waals surface area contributed by atoms with Gasteiger partial charge in [0.2, 0.25) is 11.8 Å². The van der Waals surface area contributed by atoms with Crippen molar-refractivity contribution in [3.63, 3.8) is 0 Å². The van der Waals surface area contributed by atoms with Gasteiger partial charge in [0.1, 0.15) is 11.6 Å². The molecule has 5 nitrogen and oxygen atoms in total. The molecule has 0 fully saturated rings. The summed E-state index contributed by atoms with van der Waals surface area (Å²) in [5.74, 6) is -0.0151. The lowest BCUT2D eigenvalue weighted by atomic mass is 10.3.